The normalized spacial score (nSPS) is 10.2. The summed E-state index contributed by atoms with van der Waals surface area (Å²) >= 11 is 1.53. The van der Waals surface area contributed by atoms with Gasteiger partial charge in [-0.2, -0.15) is 0 Å². The van der Waals surface area contributed by atoms with Crippen LogP contribution in [0, 0.1) is 6.92 Å². The first kappa shape index (κ1) is 13.5. The smallest absolute Gasteiger partial charge is 0.315 e. The van der Waals surface area contributed by atoms with Crippen LogP contribution in [0.5, 0.6) is 0 Å². The van der Waals surface area contributed by atoms with Crippen molar-refractivity contribution in [2.24, 2.45) is 0 Å². The van der Waals surface area contributed by atoms with Crippen LogP contribution in [0.3, 0.4) is 0 Å². The fourth-order valence-electron chi connectivity index (χ4n) is 1.63. The number of carbonyl (C=O) groups is 1. The number of thiazole rings is 1. The molecule has 1 aromatic heterocycles. The minimum absolute atomic E-state index is 0.151. The van der Waals surface area contributed by atoms with E-state index in [-0.39, 0.29) is 6.03 Å². The highest BCUT2D eigenvalue weighted by Gasteiger charge is 2.01. The van der Waals surface area contributed by atoms with Crippen LogP contribution in [-0.4, -0.2) is 17.6 Å². The Labute approximate surface area is 116 Å². The fraction of sp³-hybridized carbons (Fsp3) is 0.286. The molecular formula is C14H17N3OS. The molecule has 0 saturated carbocycles. The number of rotatable bonds is 5. The molecule has 0 aliphatic rings. The molecule has 2 N–H and O–H groups in total. The molecule has 0 unspecified atom stereocenters. The molecule has 2 amide bonds. The Morgan fingerprint density at radius 2 is 2.05 bits per heavy atom. The molecule has 0 atom stereocenters. The molecule has 2 rings (SSSR count). The summed E-state index contributed by atoms with van der Waals surface area (Å²) in [5, 5.41) is 8.42. The average molecular weight is 275 g/mol. The Bertz CT molecular complexity index is 508. The van der Waals surface area contributed by atoms with Crippen molar-refractivity contribution in [2.75, 3.05) is 6.54 Å². The highest BCUT2D eigenvalue weighted by atomic mass is 32.1. The molecule has 2 aromatic rings. The zero-order valence-corrected chi connectivity index (χ0v) is 11.7. The van der Waals surface area contributed by atoms with Crippen LogP contribution in [0.2, 0.25) is 0 Å². The van der Waals surface area contributed by atoms with E-state index in [0.717, 1.165) is 11.4 Å². The van der Waals surface area contributed by atoms with Crippen LogP contribution in [0.25, 0.3) is 0 Å². The minimum Gasteiger partial charge on any atom is -0.338 e. The number of amides is 2. The van der Waals surface area contributed by atoms with Gasteiger partial charge < -0.3 is 10.6 Å². The molecule has 0 spiro atoms. The molecule has 1 aromatic carbocycles. The van der Waals surface area contributed by atoms with E-state index < -0.39 is 0 Å². The lowest BCUT2D eigenvalue weighted by Gasteiger charge is -2.06. The second-order valence-corrected chi connectivity index (χ2v) is 5.25. The van der Waals surface area contributed by atoms with Gasteiger partial charge in [-0.25, -0.2) is 9.78 Å². The zero-order valence-electron chi connectivity index (χ0n) is 10.8. The quantitative estimate of drug-likeness (QED) is 0.881. The number of benzene rings is 1. The maximum Gasteiger partial charge on any atom is 0.315 e. The largest absolute Gasteiger partial charge is 0.338 e. The molecule has 0 saturated heterocycles. The number of aromatic nitrogens is 1. The van der Waals surface area contributed by atoms with Crippen LogP contribution in [0.4, 0.5) is 4.79 Å². The summed E-state index contributed by atoms with van der Waals surface area (Å²) in [5.74, 6) is 0. The third-order valence-electron chi connectivity index (χ3n) is 2.70. The first-order chi connectivity index (χ1) is 9.24. The Hall–Kier alpha value is -1.88. The van der Waals surface area contributed by atoms with E-state index in [9.17, 15) is 4.79 Å². The Morgan fingerprint density at radius 1 is 1.26 bits per heavy atom. The van der Waals surface area contributed by atoms with Crippen LogP contribution in [0.1, 0.15) is 16.1 Å². The first-order valence-electron chi connectivity index (χ1n) is 6.19. The molecule has 0 aliphatic heterocycles. The van der Waals surface area contributed by atoms with E-state index in [1.54, 1.807) is 6.20 Å². The maximum atomic E-state index is 11.5. The predicted octanol–water partition coefficient (Wildman–Crippen LogP) is 2.49. The van der Waals surface area contributed by atoms with E-state index in [0.29, 0.717) is 13.1 Å². The van der Waals surface area contributed by atoms with Gasteiger partial charge in [-0.05, 0) is 18.9 Å². The molecule has 4 nitrogen and oxygen atoms in total. The van der Waals surface area contributed by atoms with Crippen molar-refractivity contribution in [3.63, 3.8) is 0 Å². The van der Waals surface area contributed by atoms with Gasteiger partial charge in [0.1, 0.15) is 5.01 Å². The molecule has 0 fully saturated rings. The topological polar surface area (TPSA) is 54.0 Å². The zero-order chi connectivity index (χ0) is 13.5. The summed E-state index contributed by atoms with van der Waals surface area (Å²) in [6.07, 6.45) is 2.57. The Balaban J connectivity index is 1.65. The van der Waals surface area contributed by atoms with Crippen molar-refractivity contribution in [3.8, 4) is 0 Å². The highest BCUT2D eigenvalue weighted by molar-refractivity contribution is 7.09. The van der Waals surface area contributed by atoms with Crippen molar-refractivity contribution in [2.45, 2.75) is 19.9 Å². The first-order valence-corrected chi connectivity index (χ1v) is 7.07. The summed E-state index contributed by atoms with van der Waals surface area (Å²) in [7, 11) is 0. The van der Waals surface area contributed by atoms with Gasteiger partial charge in [0.05, 0.1) is 6.54 Å². The summed E-state index contributed by atoms with van der Waals surface area (Å²) in [5.41, 5.74) is 2.48. The number of nitrogens with one attached hydrogen (secondary N) is 2. The SMILES string of the molecule is Cc1ccc(CCNC(=O)NCc2nccs2)cc1. The molecule has 5 heteroatoms. The van der Waals surface area contributed by atoms with E-state index in [1.807, 2.05) is 5.38 Å². The van der Waals surface area contributed by atoms with E-state index in [2.05, 4.69) is 46.8 Å². The van der Waals surface area contributed by atoms with E-state index in [4.69, 9.17) is 0 Å². The third-order valence-corrected chi connectivity index (χ3v) is 3.48. The monoisotopic (exact) mass is 275 g/mol. The molecule has 0 aliphatic carbocycles. The second-order valence-electron chi connectivity index (χ2n) is 4.27. The van der Waals surface area contributed by atoms with Crippen molar-refractivity contribution in [3.05, 3.63) is 52.0 Å². The molecule has 100 valence electrons. The van der Waals surface area contributed by atoms with Crippen LogP contribution >= 0.6 is 11.3 Å². The van der Waals surface area contributed by atoms with Gasteiger partial charge in [0.2, 0.25) is 0 Å². The van der Waals surface area contributed by atoms with Gasteiger partial charge in [-0.15, -0.1) is 11.3 Å². The van der Waals surface area contributed by atoms with Gasteiger partial charge in [0.25, 0.3) is 0 Å². The van der Waals surface area contributed by atoms with Gasteiger partial charge in [0.15, 0.2) is 0 Å². The van der Waals surface area contributed by atoms with Gasteiger partial charge in [-0.3, -0.25) is 0 Å². The number of aryl methyl sites for hydroxylation is 1. The van der Waals surface area contributed by atoms with Crippen molar-refractivity contribution >= 4 is 17.4 Å². The van der Waals surface area contributed by atoms with Crippen molar-refractivity contribution in [1.29, 1.82) is 0 Å². The summed E-state index contributed by atoms with van der Waals surface area (Å²) in [6, 6.07) is 8.19. The number of urea groups is 1. The third kappa shape index (κ3) is 4.71. The van der Waals surface area contributed by atoms with Crippen molar-refractivity contribution in [1.82, 2.24) is 15.6 Å². The highest BCUT2D eigenvalue weighted by Crippen LogP contribution is 2.03. The van der Waals surface area contributed by atoms with Crippen LogP contribution in [-0.2, 0) is 13.0 Å². The van der Waals surface area contributed by atoms with Gasteiger partial charge in [-0.1, -0.05) is 29.8 Å². The van der Waals surface area contributed by atoms with Crippen LogP contribution < -0.4 is 10.6 Å². The molecule has 19 heavy (non-hydrogen) atoms. The number of nitrogens with zero attached hydrogens (tertiary/aromatic N) is 1. The lowest BCUT2D eigenvalue weighted by atomic mass is 10.1. The molecular weight excluding hydrogens is 258 g/mol. The van der Waals surface area contributed by atoms with E-state index >= 15 is 0 Å². The summed E-state index contributed by atoms with van der Waals surface area (Å²) in [6.45, 7) is 3.18. The number of hydrogen-bond acceptors (Lipinski definition) is 3. The summed E-state index contributed by atoms with van der Waals surface area (Å²) < 4.78 is 0. The average Bonchev–Trinajstić information content (AvgIpc) is 2.92. The van der Waals surface area contributed by atoms with Gasteiger partial charge >= 0.3 is 6.03 Å². The second kappa shape index (κ2) is 6.89. The Morgan fingerprint density at radius 3 is 2.74 bits per heavy atom. The Kier molecular flexibility index (Phi) is 4.92. The summed E-state index contributed by atoms with van der Waals surface area (Å²) in [4.78, 5) is 15.6. The standard InChI is InChI=1S/C14H17N3OS/c1-11-2-4-12(5-3-11)6-7-16-14(18)17-10-13-15-8-9-19-13/h2-5,8-9H,6-7,10H2,1H3,(H2,16,17,18). The number of hydrogen-bond donors (Lipinski definition) is 2. The minimum atomic E-state index is -0.151. The lowest BCUT2D eigenvalue weighted by molar-refractivity contribution is 0.240. The fourth-order valence-corrected chi connectivity index (χ4v) is 2.19. The molecule has 1 heterocycles. The van der Waals surface area contributed by atoms with E-state index in [1.165, 1.54) is 22.5 Å². The van der Waals surface area contributed by atoms with Crippen molar-refractivity contribution < 1.29 is 4.79 Å². The molecule has 0 radical (unpaired) electrons. The number of carbonyl (C=O) groups excluding carboxylic acids is 1. The predicted molar refractivity (Wildman–Crippen MR) is 77.2 cm³/mol. The lowest BCUT2D eigenvalue weighted by Crippen LogP contribution is -2.36. The molecule has 0 bridgehead atoms. The van der Waals surface area contributed by atoms with Gasteiger partial charge in [0, 0.05) is 18.1 Å². The van der Waals surface area contributed by atoms with Crippen LogP contribution in [0.15, 0.2) is 35.8 Å². The maximum absolute atomic E-state index is 11.5.